The first-order chi connectivity index (χ1) is 13.5. The Balaban J connectivity index is 1.35. The van der Waals surface area contributed by atoms with Gasteiger partial charge in [0.1, 0.15) is 0 Å². The molecule has 2 aliphatic rings. The number of carbonyl (C=O) groups excluding carboxylic acids is 2. The molecule has 1 saturated carbocycles. The molecule has 0 unspecified atom stereocenters. The van der Waals surface area contributed by atoms with Crippen LogP contribution in [0.3, 0.4) is 0 Å². The maximum atomic E-state index is 12.1. The number of imide groups is 1. The van der Waals surface area contributed by atoms with E-state index in [0.29, 0.717) is 5.92 Å². The first-order valence-corrected chi connectivity index (χ1v) is 10.6. The van der Waals surface area contributed by atoms with Gasteiger partial charge in [-0.05, 0) is 29.9 Å². The standard InChI is InChI=1S/C22H34N4O2/c1-17(2)19-9-7-18(8-10-19)15-25-11-13-26(14-12-25)16-21(27)24-22(28)23-20-5-3-4-6-20/h7-10,17,20H,3-6,11-16H2,1-2H3,(H2,23,24,27,28). The minimum atomic E-state index is -0.347. The van der Waals surface area contributed by atoms with Gasteiger partial charge in [0, 0.05) is 38.8 Å². The lowest BCUT2D eigenvalue weighted by atomic mass is 10.0. The lowest BCUT2D eigenvalue weighted by molar-refractivity contribution is -0.121. The van der Waals surface area contributed by atoms with E-state index in [0.717, 1.165) is 58.4 Å². The fraction of sp³-hybridized carbons (Fsp3) is 0.636. The van der Waals surface area contributed by atoms with Crippen LogP contribution in [-0.2, 0) is 11.3 Å². The number of carbonyl (C=O) groups is 2. The molecular formula is C22H34N4O2. The summed E-state index contributed by atoms with van der Waals surface area (Å²) in [5.41, 5.74) is 2.70. The van der Waals surface area contributed by atoms with E-state index in [2.05, 4.69) is 58.5 Å². The van der Waals surface area contributed by atoms with E-state index in [1.165, 1.54) is 11.1 Å². The number of nitrogens with one attached hydrogen (secondary N) is 2. The highest BCUT2D eigenvalue weighted by Gasteiger charge is 2.21. The van der Waals surface area contributed by atoms with Crippen molar-refractivity contribution in [3.05, 3.63) is 35.4 Å². The van der Waals surface area contributed by atoms with Crippen LogP contribution >= 0.6 is 0 Å². The molecule has 0 spiro atoms. The Bertz CT molecular complexity index is 645. The average Bonchev–Trinajstić information content (AvgIpc) is 3.16. The zero-order valence-electron chi connectivity index (χ0n) is 17.2. The number of piperazine rings is 1. The minimum Gasteiger partial charge on any atom is -0.335 e. The molecule has 6 nitrogen and oxygen atoms in total. The second-order valence-electron chi connectivity index (χ2n) is 8.45. The molecule has 1 aliphatic carbocycles. The SMILES string of the molecule is CC(C)c1ccc(CN2CCN(CC(=O)NC(=O)NC3CCCC3)CC2)cc1. The smallest absolute Gasteiger partial charge is 0.321 e. The maximum absolute atomic E-state index is 12.1. The molecule has 0 bridgehead atoms. The van der Waals surface area contributed by atoms with Crippen molar-refractivity contribution in [3.63, 3.8) is 0 Å². The normalized spacial score (nSPS) is 19.1. The first kappa shape index (κ1) is 20.8. The topological polar surface area (TPSA) is 64.7 Å². The number of nitrogens with zero attached hydrogens (tertiary/aromatic N) is 2. The molecule has 154 valence electrons. The summed E-state index contributed by atoms with van der Waals surface area (Å²) in [4.78, 5) is 28.6. The number of urea groups is 1. The van der Waals surface area contributed by atoms with Gasteiger partial charge in [-0.3, -0.25) is 19.9 Å². The molecule has 0 atom stereocenters. The van der Waals surface area contributed by atoms with Crippen LogP contribution in [0, 0.1) is 0 Å². The van der Waals surface area contributed by atoms with Crippen LogP contribution in [0.2, 0.25) is 0 Å². The van der Waals surface area contributed by atoms with Crippen molar-refractivity contribution < 1.29 is 9.59 Å². The molecule has 28 heavy (non-hydrogen) atoms. The van der Waals surface area contributed by atoms with Crippen LogP contribution < -0.4 is 10.6 Å². The summed E-state index contributed by atoms with van der Waals surface area (Å²) in [5.74, 6) is 0.345. The van der Waals surface area contributed by atoms with E-state index < -0.39 is 0 Å². The Hall–Kier alpha value is -1.92. The largest absolute Gasteiger partial charge is 0.335 e. The molecule has 6 heteroatoms. The summed E-state index contributed by atoms with van der Waals surface area (Å²) in [7, 11) is 0. The Morgan fingerprint density at radius 3 is 2.21 bits per heavy atom. The fourth-order valence-corrected chi connectivity index (χ4v) is 4.03. The van der Waals surface area contributed by atoms with Crippen molar-refractivity contribution in [3.8, 4) is 0 Å². The van der Waals surface area contributed by atoms with E-state index in [1.807, 2.05) is 0 Å². The molecule has 0 radical (unpaired) electrons. The van der Waals surface area contributed by atoms with Crippen LogP contribution in [0.5, 0.6) is 0 Å². The average molecular weight is 387 g/mol. The number of hydrogen-bond acceptors (Lipinski definition) is 4. The van der Waals surface area contributed by atoms with Gasteiger partial charge >= 0.3 is 6.03 Å². The van der Waals surface area contributed by atoms with Crippen LogP contribution in [0.25, 0.3) is 0 Å². The number of hydrogen-bond donors (Lipinski definition) is 2. The summed E-state index contributed by atoms with van der Waals surface area (Å²) in [6.45, 7) is 9.23. The third kappa shape index (κ3) is 6.31. The van der Waals surface area contributed by atoms with Gasteiger partial charge in [-0.15, -0.1) is 0 Å². The van der Waals surface area contributed by atoms with Gasteiger partial charge in [0.2, 0.25) is 5.91 Å². The van der Waals surface area contributed by atoms with Gasteiger partial charge < -0.3 is 5.32 Å². The van der Waals surface area contributed by atoms with Gasteiger partial charge in [-0.1, -0.05) is 51.0 Å². The monoisotopic (exact) mass is 386 g/mol. The van der Waals surface area contributed by atoms with Gasteiger partial charge in [0.25, 0.3) is 0 Å². The molecule has 1 saturated heterocycles. The lowest BCUT2D eigenvalue weighted by Crippen LogP contribution is -2.51. The Morgan fingerprint density at radius 1 is 1.00 bits per heavy atom. The van der Waals surface area contributed by atoms with Crippen molar-refractivity contribution in [2.45, 2.75) is 58.0 Å². The Morgan fingerprint density at radius 2 is 1.61 bits per heavy atom. The first-order valence-electron chi connectivity index (χ1n) is 10.6. The number of rotatable bonds is 6. The molecule has 1 heterocycles. The van der Waals surface area contributed by atoms with E-state index in [4.69, 9.17) is 0 Å². The van der Waals surface area contributed by atoms with E-state index >= 15 is 0 Å². The molecule has 1 aromatic rings. The highest BCUT2D eigenvalue weighted by atomic mass is 16.2. The highest BCUT2D eigenvalue weighted by Crippen LogP contribution is 2.17. The van der Waals surface area contributed by atoms with E-state index in [-0.39, 0.29) is 24.5 Å². The Kier molecular flexibility index (Phi) is 7.45. The number of benzene rings is 1. The van der Waals surface area contributed by atoms with Crippen LogP contribution in [0.1, 0.15) is 56.6 Å². The Labute approximate surface area is 168 Å². The number of amides is 3. The summed E-state index contributed by atoms with van der Waals surface area (Å²) in [6.07, 6.45) is 4.35. The third-order valence-electron chi connectivity index (χ3n) is 5.83. The molecule has 0 aromatic heterocycles. The fourth-order valence-electron chi connectivity index (χ4n) is 4.03. The van der Waals surface area contributed by atoms with Crippen LogP contribution in [-0.4, -0.2) is 60.5 Å². The lowest BCUT2D eigenvalue weighted by Gasteiger charge is -2.34. The molecule has 2 N–H and O–H groups in total. The molecule has 3 rings (SSSR count). The summed E-state index contributed by atoms with van der Waals surface area (Å²) >= 11 is 0. The van der Waals surface area contributed by atoms with Crippen molar-refractivity contribution in [1.82, 2.24) is 20.4 Å². The van der Waals surface area contributed by atoms with Crippen molar-refractivity contribution >= 4 is 11.9 Å². The van der Waals surface area contributed by atoms with Gasteiger partial charge in [0.05, 0.1) is 6.54 Å². The van der Waals surface area contributed by atoms with E-state index in [1.54, 1.807) is 0 Å². The van der Waals surface area contributed by atoms with Crippen molar-refractivity contribution in [2.75, 3.05) is 32.7 Å². The van der Waals surface area contributed by atoms with Crippen LogP contribution in [0.15, 0.2) is 24.3 Å². The molecule has 3 amide bonds. The van der Waals surface area contributed by atoms with Gasteiger partial charge in [-0.25, -0.2) is 4.79 Å². The van der Waals surface area contributed by atoms with Gasteiger partial charge in [-0.2, -0.15) is 0 Å². The predicted molar refractivity (Wildman–Crippen MR) is 111 cm³/mol. The van der Waals surface area contributed by atoms with Crippen LogP contribution in [0.4, 0.5) is 4.79 Å². The predicted octanol–water partition coefficient (Wildman–Crippen LogP) is 2.70. The summed E-state index contributed by atoms with van der Waals surface area (Å²) in [6, 6.07) is 8.76. The summed E-state index contributed by atoms with van der Waals surface area (Å²) < 4.78 is 0. The quantitative estimate of drug-likeness (QED) is 0.789. The zero-order valence-corrected chi connectivity index (χ0v) is 17.2. The molecule has 1 aromatic carbocycles. The molecule has 1 aliphatic heterocycles. The molecule has 2 fully saturated rings. The molecular weight excluding hydrogens is 352 g/mol. The van der Waals surface area contributed by atoms with Crippen molar-refractivity contribution in [1.29, 1.82) is 0 Å². The van der Waals surface area contributed by atoms with Crippen molar-refractivity contribution in [2.24, 2.45) is 0 Å². The van der Waals surface area contributed by atoms with E-state index in [9.17, 15) is 9.59 Å². The second kappa shape index (κ2) is 10.0. The highest BCUT2D eigenvalue weighted by molar-refractivity contribution is 5.95. The maximum Gasteiger partial charge on any atom is 0.321 e. The third-order valence-corrected chi connectivity index (χ3v) is 5.83. The second-order valence-corrected chi connectivity index (χ2v) is 8.45. The zero-order chi connectivity index (χ0) is 19.9. The minimum absolute atomic E-state index is 0.215. The summed E-state index contributed by atoms with van der Waals surface area (Å²) in [5, 5.41) is 5.37. The van der Waals surface area contributed by atoms with Gasteiger partial charge in [0.15, 0.2) is 0 Å².